The molecular formula is C12H14N4S. The zero-order valence-corrected chi connectivity index (χ0v) is 10.2. The Hall–Kier alpha value is -1.62. The third-order valence-electron chi connectivity index (χ3n) is 2.94. The van der Waals surface area contributed by atoms with Gasteiger partial charge in [0.1, 0.15) is 5.84 Å². The molecule has 1 fully saturated rings. The van der Waals surface area contributed by atoms with E-state index in [0.717, 1.165) is 11.3 Å². The molecule has 0 radical (unpaired) electrons. The topological polar surface area (TPSA) is 67.7 Å². The van der Waals surface area contributed by atoms with E-state index in [1.807, 2.05) is 4.68 Å². The molecule has 0 spiro atoms. The van der Waals surface area contributed by atoms with Gasteiger partial charge in [-0.25, -0.2) is 0 Å². The van der Waals surface area contributed by atoms with E-state index < -0.39 is 0 Å². The van der Waals surface area contributed by atoms with Gasteiger partial charge >= 0.3 is 0 Å². The second-order valence-corrected chi connectivity index (χ2v) is 5.20. The molecule has 0 amide bonds. The summed E-state index contributed by atoms with van der Waals surface area (Å²) in [7, 11) is 0. The first kappa shape index (κ1) is 10.5. The lowest BCUT2D eigenvalue weighted by Crippen LogP contribution is -2.20. The van der Waals surface area contributed by atoms with E-state index >= 15 is 0 Å². The van der Waals surface area contributed by atoms with E-state index in [4.69, 9.17) is 11.1 Å². The monoisotopic (exact) mass is 246 g/mol. The van der Waals surface area contributed by atoms with Crippen molar-refractivity contribution in [2.45, 2.75) is 25.3 Å². The van der Waals surface area contributed by atoms with E-state index in [0.29, 0.717) is 12.5 Å². The number of nitrogens with zero attached hydrogens (tertiary/aromatic N) is 2. The fourth-order valence-corrected chi connectivity index (χ4v) is 2.63. The summed E-state index contributed by atoms with van der Waals surface area (Å²) in [4.78, 5) is 0. The Balaban J connectivity index is 1.98. The van der Waals surface area contributed by atoms with Crippen molar-refractivity contribution in [2.75, 3.05) is 0 Å². The summed E-state index contributed by atoms with van der Waals surface area (Å²) < 4.78 is 1.88. The standard InChI is InChI=1S/C12H14N4S/c13-12(14)6-16-11(8-1-2-8)5-10(15-16)9-3-4-17-7-9/h3-5,7-8H,1-2,6H2,(H3,13,14). The maximum atomic E-state index is 7.39. The molecule has 1 saturated carbocycles. The predicted molar refractivity (Wildman–Crippen MR) is 69.4 cm³/mol. The van der Waals surface area contributed by atoms with Gasteiger partial charge in [0, 0.05) is 22.6 Å². The second-order valence-electron chi connectivity index (χ2n) is 4.42. The Labute approximate surface area is 104 Å². The number of rotatable bonds is 4. The largest absolute Gasteiger partial charge is 0.386 e. The van der Waals surface area contributed by atoms with Gasteiger partial charge in [-0.15, -0.1) is 0 Å². The van der Waals surface area contributed by atoms with E-state index in [9.17, 15) is 0 Å². The minimum atomic E-state index is 0.159. The third kappa shape index (κ3) is 2.10. The summed E-state index contributed by atoms with van der Waals surface area (Å²) in [6, 6.07) is 4.21. The molecule has 3 N–H and O–H groups in total. The number of hydrogen-bond acceptors (Lipinski definition) is 3. The minimum Gasteiger partial charge on any atom is -0.386 e. The van der Waals surface area contributed by atoms with Gasteiger partial charge in [-0.3, -0.25) is 10.1 Å². The normalized spacial score (nSPS) is 15.1. The highest BCUT2D eigenvalue weighted by atomic mass is 32.1. The second kappa shape index (κ2) is 4.00. The number of nitrogens with one attached hydrogen (secondary N) is 1. The smallest absolute Gasteiger partial charge is 0.113 e. The van der Waals surface area contributed by atoms with Crippen LogP contribution in [-0.4, -0.2) is 15.6 Å². The zero-order chi connectivity index (χ0) is 11.8. The number of amidine groups is 1. The number of hydrogen-bond donors (Lipinski definition) is 2. The van der Waals surface area contributed by atoms with Crippen LogP contribution >= 0.6 is 11.3 Å². The molecule has 88 valence electrons. The molecule has 17 heavy (non-hydrogen) atoms. The highest BCUT2D eigenvalue weighted by molar-refractivity contribution is 7.08. The van der Waals surface area contributed by atoms with Crippen LogP contribution in [0.5, 0.6) is 0 Å². The molecule has 1 aliphatic rings. The van der Waals surface area contributed by atoms with Gasteiger partial charge in [0.2, 0.25) is 0 Å². The van der Waals surface area contributed by atoms with Crippen LogP contribution in [0.15, 0.2) is 22.9 Å². The summed E-state index contributed by atoms with van der Waals surface area (Å²) in [5.41, 5.74) is 8.84. The zero-order valence-electron chi connectivity index (χ0n) is 9.39. The molecule has 1 aliphatic carbocycles. The Morgan fingerprint density at radius 1 is 1.59 bits per heavy atom. The Morgan fingerprint density at radius 3 is 3.00 bits per heavy atom. The fraction of sp³-hybridized carbons (Fsp3) is 0.333. The summed E-state index contributed by atoms with van der Waals surface area (Å²) in [6.07, 6.45) is 2.46. The van der Waals surface area contributed by atoms with Crippen LogP contribution < -0.4 is 5.73 Å². The molecule has 0 atom stereocenters. The van der Waals surface area contributed by atoms with Crippen LogP contribution in [-0.2, 0) is 6.54 Å². The molecule has 0 aliphatic heterocycles. The highest BCUT2D eigenvalue weighted by Crippen LogP contribution is 2.41. The molecule has 5 heteroatoms. The number of nitrogens with two attached hydrogens (primary N) is 1. The SMILES string of the molecule is N=C(N)Cn1nc(-c2ccsc2)cc1C1CC1. The van der Waals surface area contributed by atoms with Gasteiger partial charge in [0.25, 0.3) is 0 Å². The fourth-order valence-electron chi connectivity index (χ4n) is 1.98. The van der Waals surface area contributed by atoms with Gasteiger partial charge in [0.05, 0.1) is 12.2 Å². The van der Waals surface area contributed by atoms with Gasteiger partial charge in [-0.2, -0.15) is 16.4 Å². The van der Waals surface area contributed by atoms with Gasteiger partial charge < -0.3 is 5.73 Å². The van der Waals surface area contributed by atoms with Crippen LogP contribution in [0, 0.1) is 5.41 Å². The molecule has 3 rings (SSSR count). The summed E-state index contributed by atoms with van der Waals surface area (Å²) in [6.45, 7) is 0.399. The quantitative estimate of drug-likeness (QED) is 0.642. The molecule has 0 aromatic carbocycles. The van der Waals surface area contributed by atoms with Crippen LogP contribution in [0.2, 0.25) is 0 Å². The lowest BCUT2D eigenvalue weighted by Gasteiger charge is -2.03. The van der Waals surface area contributed by atoms with Crippen molar-refractivity contribution in [3.63, 3.8) is 0 Å². The average Bonchev–Trinajstić information content (AvgIpc) is 2.83. The lowest BCUT2D eigenvalue weighted by molar-refractivity contribution is 0.675. The third-order valence-corrected chi connectivity index (χ3v) is 3.63. The van der Waals surface area contributed by atoms with Crippen LogP contribution in [0.3, 0.4) is 0 Å². The maximum absolute atomic E-state index is 7.39. The van der Waals surface area contributed by atoms with E-state index in [1.165, 1.54) is 18.5 Å². The maximum Gasteiger partial charge on any atom is 0.113 e. The highest BCUT2D eigenvalue weighted by Gasteiger charge is 2.28. The van der Waals surface area contributed by atoms with Gasteiger partial charge in [-0.1, -0.05) is 0 Å². The van der Waals surface area contributed by atoms with Crippen molar-refractivity contribution < 1.29 is 0 Å². The van der Waals surface area contributed by atoms with Crippen molar-refractivity contribution in [1.29, 1.82) is 5.41 Å². The van der Waals surface area contributed by atoms with Crippen molar-refractivity contribution in [3.8, 4) is 11.3 Å². The Bertz CT molecular complexity index is 537. The van der Waals surface area contributed by atoms with Crippen molar-refractivity contribution in [1.82, 2.24) is 9.78 Å². The van der Waals surface area contributed by atoms with Gasteiger partial charge in [-0.05, 0) is 30.4 Å². The van der Waals surface area contributed by atoms with Crippen molar-refractivity contribution in [3.05, 3.63) is 28.6 Å². The van der Waals surface area contributed by atoms with E-state index in [2.05, 4.69) is 28.0 Å². The number of thiophene rings is 1. The first-order valence-electron chi connectivity index (χ1n) is 5.67. The van der Waals surface area contributed by atoms with Gasteiger partial charge in [0.15, 0.2) is 0 Å². The molecule has 0 unspecified atom stereocenters. The molecule has 0 saturated heterocycles. The van der Waals surface area contributed by atoms with Crippen LogP contribution in [0.25, 0.3) is 11.3 Å². The lowest BCUT2D eigenvalue weighted by atomic mass is 10.2. The molecule has 2 aromatic heterocycles. The summed E-state index contributed by atoms with van der Waals surface area (Å²) >= 11 is 1.67. The first-order chi connectivity index (χ1) is 8.24. The van der Waals surface area contributed by atoms with Crippen LogP contribution in [0.4, 0.5) is 0 Å². The minimum absolute atomic E-state index is 0.159. The average molecular weight is 246 g/mol. The van der Waals surface area contributed by atoms with Crippen molar-refractivity contribution in [2.24, 2.45) is 5.73 Å². The molecule has 0 bridgehead atoms. The first-order valence-corrected chi connectivity index (χ1v) is 6.61. The molecule has 2 aromatic rings. The molecular weight excluding hydrogens is 232 g/mol. The predicted octanol–water partition coefficient (Wildman–Crippen LogP) is 2.42. The van der Waals surface area contributed by atoms with E-state index in [-0.39, 0.29) is 5.84 Å². The van der Waals surface area contributed by atoms with Crippen molar-refractivity contribution >= 4 is 17.2 Å². The molecule has 2 heterocycles. The summed E-state index contributed by atoms with van der Waals surface area (Å²) in [5.74, 6) is 0.779. The van der Waals surface area contributed by atoms with Crippen LogP contribution in [0.1, 0.15) is 24.5 Å². The number of aromatic nitrogens is 2. The van der Waals surface area contributed by atoms with E-state index in [1.54, 1.807) is 11.3 Å². The summed E-state index contributed by atoms with van der Waals surface area (Å²) in [5, 5.41) is 16.1. The molecule has 4 nitrogen and oxygen atoms in total. The Morgan fingerprint density at radius 2 is 2.41 bits per heavy atom. The Kier molecular flexibility index (Phi) is 2.48.